The van der Waals surface area contributed by atoms with Gasteiger partial charge in [0.2, 0.25) is 0 Å². The lowest BCUT2D eigenvalue weighted by molar-refractivity contribution is 0.0632. The van der Waals surface area contributed by atoms with E-state index in [-0.39, 0.29) is 0 Å². The molecule has 0 aromatic heterocycles. The Hall–Kier alpha value is -0.0800. The summed E-state index contributed by atoms with van der Waals surface area (Å²) < 4.78 is 0. The number of nitrogens with one attached hydrogen (secondary N) is 1. The van der Waals surface area contributed by atoms with E-state index in [4.69, 9.17) is 0 Å². The van der Waals surface area contributed by atoms with E-state index in [0.717, 1.165) is 23.8 Å². The second kappa shape index (κ2) is 6.79. The SMILES string of the molecule is CC1CCCC(CNC2C(C)CCCC2C)(N(C)C)C1. The molecule has 0 heterocycles. The summed E-state index contributed by atoms with van der Waals surface area (Å²) in [5.41, 5.74) is 0.397. The van der Waals surface area contributed by atoms with Crippen LogP contribution in [0.5, 0.6) is 0 Å². The second-order valence-corrected chi connectivity index (χ2v) is 8.11. The van der Waals surface area contributed by atoms with Crippen LogP contribution in [0.15, 0.2) is 0 Å². The average Bonchev–Trinajstić information content (AvgIpc) is 2.38. The zero-order chi connectivity index (χ0) is 14.8. The van der Waals surface area contributed by atoms with Crippen molar-refractivity contribution in [3.05, 3.63) is 0 Å². The van der Waals surface area contributed by atoms with Crippen molar-refractivity contribution in [1.29, 1.82) is 0 Å². The fourth-order valence-corrected chi connectivity index (χ4v) is 4.75. The average molecular weight is 280 g/mol. The van der Waals surface area contributed by atoms with Crippen molar-refractivity contribution in [2.75, 3.05) is 20.6 Å². The van der Waals surface area contributed by atoms with E-state index in [2.05, 4.69) is 45.1 Å². The molecule has 2 nitrogen and oxygen atoms in total. The Morgan fingerprint density at radius 1 is 1.00 bits per heavy atom. The molecule has 2 heteroatoms. The predicted molar refractivity (Wildman–Crippen MR) is 88.0 cm³/mol. The minimum absolute atomic E-state index is 0.397. The van der Waals surface area contributed by atoms with Gasteiger partial charge in [-0.15, -0.1) is 0 Å². The monoisotopic (exact) mass is 280 g/mol. The number of likely N-dealkylation sites (N-methyl/N-ethyl adjacent to an activating group) is 1. The summed E-state index contributed by atoms with van der Waals surface area (Å²) >= 11 is 0. The fraction of sp³-hybridized carbons (Fsp3) is 1.00. The molecule has 20 heavy (non-hydrogen) atoms. The quantitative estimate of drug-likeness (QED) is 0.840. The zero-order valence-electron chi connectivity index (χ0n) is 14.4. The molecule has 4 unspecified atom stereocenters. The van der Waals surface area contributed by atoms with Crippen molar-refractivity contribution < 1.29 is 0 Å². The summed E-state index contributed by atoms with van der Waals surface area (Å²) in [7, 11) is 4.57. The molecule has 2 fully saturated rings. The van der Waals surface area contributed by atoms with Gasteiger partial charge in [-0.3, -0.25) is 0 Å². The molecule has 0 radical (unpaired) electrons. The number of hydrogen-bond donors (Lipinski definition) is 1. The van der Waals surface area contributed by atoms with Gasteiger partial charge in [0.1, 0.15) is 0 Å². The smallest absolute Gasteiger partial charge is 0.0330 e. The van der Waals surface area contributed by atoms with Crippen molar-refractivity contribution in [2.24, 2.45) is 17.8 Å². The Morgan fingerprint density at radius 3 is 2.20 bits per heavy atom. The Kier molecular flexibility index (Phi) is 5.53. The van der Waals surface area contributed by atoms with Crippen molar-refractivity contribution in [2.45, 2.75) is 77.3 Å². The van der Waals surface area contributed by atoms with Crippen LogP contribution in [0.25, 0.3) is 0 Å². The third-order valence-electron chi connectivity index (χ3n) is 6.23. The zero-order valence-corrected chi connectivity index (χ0v) is 14.4. The number of hydrogen-bond acceptors (Lipinski definition) is 2. The summed E-state index contributed by atoms with van der Waals surface area (Å²) in [5.74, 6) is 2.58. The highest BCUT2D eigenvalue weighted by atomic mass is 15.2. The normalized spacial score (nSPS) is 42.9. The predicted octanol–water partition coefficient (Wildman–Crippen LogP) is 3.91. The van der Waals surface area contributed by atoms with Crippen molar-refractivity contribution in [1.82, 2.24) is 10.2 Å². The van der Waals surface area contributed by atoms with E-state index in [1.54, 1.807) is 0 Å². The second-order valence-electron chi connectivity index (χ2n) is 8.11. The highest BCUT2D eigenvalue weighted by Crippen LogP contribution is 2.36. The molecule has 2 rings (SSSR count). The first kappa shape index (κ1) is 16.3. The van der Waals surface area contributed by atoms with Crippen molar-refractivity contribution >= 4 is 0 Å². The minimum Gasteiger partial charge on any atom is -0.312 e. The van der Waals surface area contributed by atoms with Crippen molar-refractivity contribution in [3.63, 3.8) is 0 Å². The van der Waals surface area contributed by atoms with Crippen LogP contribution in [-0.4, -0.2) is 37.1 Å². The summed E-state index contributed by atoms with van der Waals surface area (Å²) in [4.78, 5) is 2.51. The molecule has 118 valence electrons. The van der Waals surface area contributed by atoms with Crippen LogP contribution in [0, 0.1) is 17.8 Å². The molecule has 0 amide bonds. The largest absolute Gasteiger partial charge is 0.312 e. The van der Waals surface area contributed by atoms with E-state index in [1.807, 2.05) is 0 Å². The highest BCUT2D eigenvalue weighted by molar-refractivity contribution is 4.96. The molecule has 0 saturated heterocycles. The lowest BCUT2D eigenvalue weighted by Crippen LogP contribution is -2.57. The van der Waals surface area contributed by atoms with Gasteiger partial charge in [-0.05, 0) is 57.5 Å². The van der Waals surface area contributed by atoms with Crippen LogP contribution in [-0.2, 0) is 0 Å². The van der Waals surface area contributed by atoms with Crippen LogP contribution in [0.3, 0.4) is 0 Å². The van der Waals surface area contributed by atoms with E-state index < -0.39 is 0 Å². The fourth-order valence-electron chi connectivity index (χ4n) is 4.75. The Morgan fingerprint density at radius 2 is 1.65 bits per heavy atom. The van der Waals surface area contributed by atoms with E-state index in [1.165, 1.54) is 51.5 Å². The number of rotatable bonds is 4. The lowest BCUT2D eigenvalue weighted by atomic mass is 9.74. The molecule has 0 spiro atoms. The maximum atomic E-state index is 3.99. The Labute approximate surface area is 126 Å². The van der Waals surface area contributed by atoms with Gasteiger partial charge in [0.25, 0.3) is 0 Å². The molecule has 0 aromatic rings. The van der Waals surface area contributed by atoms with Crippen LogP contribution >= 0.6 is 0 Å². The third kappa shape index (κ3) is 3.57. The summed E-state index contributed by atoms with van der Waals surface area (Å²) in [6.45, 7) is 8.51. The van der Waals surface area contributed by atoms with Gasteiger partial charge in [-0.1, -0.05) is 40.0 Å². The molecule has 0 aromatic carbocycles. The first-order valence-corrected chi connectivity index (χ1v) is 8.85. The number of nitrogens with zero attached hydrogens (tertiary/aromatic N) is 1. The molecule has 2 saturated carbocycles. The van der Waals surface area contributed by atoms with Crippen LogP contribution in [0.2, 0.25) is 0 Å². The third-order valence-corrected chi connectivity index (χ3v) is 6.23. The molecule has 1 N–H and O–H groups in total. The van der Waals surface area contributed by atoms with Crippen LogP contribution in [0.4, 0.5) is 0 Å². The van der Waals surface area contributed by atoms with Gasteiger partial charge in [0.05, 0.1) is 0 Å². The highest BCUT2D eigenvalue weighted by Gasteiger charge is 2.38. The standard InChI is InChI=1S/C18H36N2/c1-14-8-7-11-18(12-14,20(4)5)13-19-17-15(2)9-6-10-16(17)3/h14-17,19H,6-13H2,1-5H3. The van der Waals surface area contributed by atoms with E-state index in [0.29, 0.717) is 5.54 Å². The Balaban J connectivity index is 1.98. The van der Waals surface area contributed by atoms with Gasteiger partial charge >= 0.3 is 0 Å². The maximum absolute atomic E-state index is 3.99. The molecular weight excluding hydrogens is 244 g/mol. The van der Waals surface area contributed by atoms with Gasteiger partial charge in [0, 0.05) is 18.1 Å². The molecule has 2 aliphatic rings. The summed E-state index contributed by atoms with van der Waals surface area (Å²) in [6, 6.07) is 0.734. The first-order chi connectivity index (χ1) is 9.44. The van der Waals surface area contributed by atoms with E-state index >= 15 is 0 Å². The molecule has 4 atom stereocenters. The molecule has 0 aliphatic heterocycles. The summed E-state index contributed by atoms with van der Waals surface area (Å²) in [5, 5.41) is 3.99. The lowest BCUT2D eigenvalue weighted by Gasteiger charge is -2.47. The van der Waals surface area contributed by atoms with Crippen molar-refractivity contribution in [3.8, 4) is 0 Å². The topological polar surface area (TPSA) is 15.3 Å². The van der Waals surface area contributed by atoms with Gasteiger partial charge in [0.15, 0.2) is 0 Å². The van der Waals surface area contributed by atoms with E-state index in [9.17, 15) is 0 Å². The maximum Gasteiger partial charge on any atom is 0.0330 e. The van der Waals surface area contributed by atoms with Gasteiger partial charge < -0.3 is 10.2 Å². The molecule has 2 aliphatic carbocycles. The molecule has 0 bridgehead atoms. The van der Waals surface area contributed by atoms with Gasteiger partial charge in [-0.2, -0.15) is 0 Å². The molecular formula is C18H36N2. The Bertz CT molecular complexity index is 292. The first-order valence-electron chi connectivity index (χ1n) is 8.85. The van der Waals surface area contributed by atoms with Crippen LogP contribution < -0.4 is 5.32 Å². The summed E-state index contributed by atoms with van der Waals surface area (Å²) in [6.07, 6.45) is 9.80. The van der Waals surface area contributed by atoms with Crippen LogP contribution in [0.1, 0.15) is 65.7 Å². The minimum atomic E-state index is 0.397. The van der Waals surface area contributed by atoms with Gasteiger partial charge in [-0.25, -0.2) is 0 Å².